The van der Waals surface area contributed by atoms with Gasteiger partial charge in [-0.15, -0.1) is 0 Å². The van der Waals surface area contributed by atoms with E-state index in [0.717, 1.165) is 44.9 Å². The monoisotopic (exact) mass is 715 g/mol. The van der Waals surface area contributed by atoms with Crippen LogP contribution < -0.4 is 5.32 Å². The van der Waals surface area contributed by atoms with E-state index >= 15 is 0 Å². The van der Waals surface area contributed by atoms with Gasteiger partial charge in [0.05, 0.1) is 6.10 Å². The summed E-state index contributed by atoms with van der Waals surface area (Å²) in [6.45, 7) is 12.8. The molecule has 11 rings (SSSR count). The van der Waals surface area contributed by atoms with Crippen LogP contribution in [0.2, 0.25) is 0 Å². The topological polar surface area (TPSA) is 112 Å². The lowest BCUT2D eigenvalue weighted by Crippen LogP contribution is -2.72. The van der Waals surface area contributed by atoms with Crippen LogP contribution in [0.25, 0.3) is 0 Å². The van der Waals surface area contributed by atoms with Crippen LogP contribution in [0.4, 0.5) is 14.9 Å². The summed E-state index contributed by atoms with van der Waals surface area (Å²) in [4.78, 5) is 38.7. The van der Waals surface area contributed by atoms with Gasteiger partial charge in [-0.1, -0.05) is 27.7 Å². The van der Waals surface area contributed by atoms with Gasteiger partial charge in [0.1, 0.15) is 18.0 Å². The molecule has 0 radical (unpaired) electrons. The molecule has 4 bridgehead atoms. The van der Waals surface area contributed by atoms with Crippen molar-refractivity contribution in [3.8, 4) is 0 Å². The summed E-state index contributed by atoms with van der Waals surface area (Å²) in [5.41, 5.74) is -1.02. The van der Waals surface area contributed by atoms with Crippen molar-refractivity contribution in [3.63, 3.8) is 0 Å². The minimum Gasteiger partial charge on any atom is -0.443 e. The third kappa shape index (κ3) is 5.36. The highest BCUT2D eigenvalue weighted by atomic mass is 19.1. The lowest BCUT2D eigenvalue weighted by molar-refractivity contribution is -0.573. The summed E-state index contributed by atoms with van der Waals surface area (Å²) in [6, 6.07) is 5.64. The van der Waals surface area contributed by atoms with Gasteiger partial charge >= 0.3 is 6.09 Å². The lowest BCUT2D eigenvalue weighted by Gasteiger charge is -2.62. The summed E-state index contributed by atoms with van der Waals surface area (Å²) < 4.78 is 47.5. The SMILES string of the molecule is C[C@H]1[C@@H](C[C@H](OC(=O)Nc2ccc(F)cc2)C2O[C@@H]3O[C@]4(C)CC[C@H]5[C@H](C)CC[C@@H]([C@H]2C)C35OO4)O[C@@H]2O[C@]3(C)CC[C@H]4[C@H](C)CC[C@@H]1C24OO3. The van der Waals surface area contributed by atoms with Crippen LogP contribution >= 0.6 is 0 Å². The van der Waals surface area contributed by atoms with Crippen molar-refractivity contribution in [1.29, 1.82) is 0 Å². The van der Waals surface area contributed by atoms with Crippen molar-refractivity contribution in [2.45, 2.75) is 153 Å². The Bertz CT molecular complexity index is 1500. The molecule has 0 aromatic heterocycles. The molecule has 2 aliphatic carbocycles. The maximum absolute atomic E-state index is 13.7. The fourth-order valence-corrected chi connectivity index (χ4v) is 11.9. The lowest BCUT2D eigenvalue weighted by atomic mass is 9.56. The van der Waals surface area contributed by atoms with Crippen LogP contribution in [-0.4, -0.2) is 59.8 Å². The second-order valence-corrected chi connectivity index (χ2v) is 17.6. The number of ether oxygens (including phenoxy) is 5. The summed E-state index contributed by atoms with van der Waals surface area (Å²) in [5, 5.41) is 2.81. The first kappa shape index (κ1) is 34.8. The zero-order valence-corrected chi connectivity index (χ0v) is 30.6. The average Bonchev–Trinajstić information content (AvgIpc) is 3.47. The second kappa shape index (κ2) is 12.3. The summed E-state index contributed by atoms with van der Waals surface area (Å²) >= 11 is 0. The first-order chi connectivity index (χ1) is 24.3. The Labute approximate surface area is 299 Å². The number of anilines is 1. The predicted molar refractivity (Wildman–Crippen MR) is 179 cm³/mol. The number of hydrogen-bond acceptors (Lipinski definition) is 10. The minimum atomic E-state index is -0.933. The van der Waals surface area contributed by atoms with Crippen LogP contribution in [0.1, 0.15) is 99.3 Å². The maximum atomic E-state index is 13.7. The number of fused-ring (bicyclic) bond motifs is 4. The zero-order chi connectivity index (χ0) is 35.5. The van der Waals surface area contributed by atoms with Gasteiger partial charge in [0, 0.05) is 36.8 Å². The quantitative estimate of drug-likeness (QED) is 0.306. The Morgan fingerprint density at radius 1 is 0.765 bits per heavy atom. The first-order valence-electron chi connectivity index (χ1n) is 19.5. The van der Waals surface area contributed by atoms with Crippen molar-refractivity contribution in [1.82, 2.24) is 0 Å². The van der Waals surface area contributed by atoms with Gasteiger partial charge in [0.15, 0.2) is 23.8 Å². The van der Waals surface area contributed by atoms with E-state index in [0.29, 0.717) is 30.4 Å². The van der Waals surface area contributed by atoms with Crippen LogP contribution in [0.15, 0.2) is 24.3 Å². The molecule has 1 aromatic carbocycles. The van der Waals surface area contributed by atoms with E-state index in [9.17, 15) is 9.18 Å². The Morgan fingerprint density at radius 3 is 1.90 bits per heavy atom. The first-order valence-corrected chi connectivity index (χ1v) is 19.5. The fraction of sp³-hybridized carbons (Fsp3) is 0.821. The number of carbonyl (C=O) groups excluding carboxylic acids is 1. The van der Waals surface area contributed by atoms with Gasteiger partial charge in [-0.05, 0) is 112 Å². The molecule has 17 atom stereocenters. The smallest absolute Gasteiger partial charge is 0.411 e. The highest BCUT2D eigenvalue weighted by Crippen LogP contribution is 2.63. The molecule has 2 spiro atoms. The van der Waals surface area contributed by atoms with Crippen molar-refractivity contribution in [2.24, 2.45) is 47.3 Å². The Morgan fingerprint density at radius 2 is 1.31 bits per heavy atom. The number of hydrogen-bond donors (Lipinski definition) is 1. The summed E-state index contributed by atoms with van der Waals surface area (Å²) in [6.07, 6.45) is 4.18. The summed E-state index contributed by atoms with van der Waals surface area (Å²) in [5.74, 6) is -0.743. The van der Waals surface area contributed by atoms with Gasteiger partial charge in [-0.3, -0.25) is 5.32 Å². The standard InChI is InChI=1S/C39H54FNO10/c1-20-7-13-28-22(3)30(43-33-38(28)26(20)15-17-36(5,46-33)48-50-38)19-31(44-35(42)41-25-11-9-24(40)10-12-25)32-23(4)29-14-8-21(2)27-16-18-37(6)47-34(45-32)39(27,29)51-49-37/h9-12,20-23,26-34H,7-8,13-19H2,1-6H3,(H,41,42)/t20-,21-,22-,23-,26+,27+,28+,29+,30-,31+,32?,33-,34-,36+,37+,38?,39?/m1/s1. The van der Waals surface area contributed by atoms with E-state index in [2.05, 4.69) is 33.0 Å². The molecule has 282 valence electrons. The van der Waals surface area contributed by atoms with Gasteiger partial charge in [0.25, 0.3) is 0 Å². The average molecular weight is 716 g/mol. The Hall–Kier alpha value is -1.90. The zero-order valence-electron chi connectivity index (χ0n) is 30.6. The van der Waals surface area contributed by atoms with Gasteiger partial charge in [-0.25, -0.2) is 28.7 Å². The van der Waals surface area contributed by atoms with Crippen molar-refractivity contribution in [2.75, 3.05) is 5.32 Å². The molecular formula is C39H54FNO10. The third-order valence-electron chi connectivity index (χ3n) is 14.7. The molecule has 8 aliphatic heterocycles. The minimum absolute atomic E-state index is 0.0445. The molecule has 10 aliphatic rings. The molecule has 1 N–H and O–H groups in total. The number of halogens is 1. The van der Waals surface area contributed by atoms with E-state index in [1.165, 1.54) is 24.3 Å². The van der Waals surface area contributed by atoms with Crippen LogP contribution in [0.3, 0.4) is 0 Å². The van der Waals surface area contributed by atoms with Crippen molar-refractivity contribution < 1.29 is 52.4 Å². The van der Waals surface area contributed by atoms with E-state index in [1.54, 1.807) is 0 Å². The Kier molecular flexibility index (Phi) is 8.41. The maximum Gasteiger partial charge on any atom is 0.411 e. The van der Waals surface area contributed by atoms with E-state index < -0.39 is 53.7 Å². The van der Waals surface area contributed by atoms with Gasteiger partial charge in [0.2, 0.25) is 11.6 Å². The Balaban J connectivity index is 1.04. The number of benzene rings is 1. The van der Waals surface area contributed by atoms with Crippen molar-refractivity contribution in [3.05, 3.63) is 30.1 Å². The molecule has 10 fully saturated rings. The van der Waals surface area contributed by atoms with E-state index in [4.69, 9.17) is 43.2 Å². The number of carbonyl (C=O) groups is 1. The largest absolute Gasteiger partial charge is 0.443 e. The number of nitrogens with one attached hydrogen (secondary N) is 1. The molecule has 12 heteroatoms. The number of rotatable bonds is 5. The van der Waals surface area contributed by atoms with Gasteiger partial charge < -0.3 is 23.7 Å². The van der Waals surface area contributed by atoms with Crippen LogP contribution in [0, 0.1) is 53.2 Å². The molecule has 1 amide bonds. The normalized spacial score (nSPS) is 51.7. The molecule has 8 saturated heterocycles. The van der Waals surface area contributed by atoms with Gasteiger partial charge in [-0.2, -0.15) is 0 Å². The highest BCUT2D eigenvalue weighted by molar-refractivity contribution is 5.84. The molecule has 1 aromatic rings. The van der Waals surface area contributed by atoms with E-state index in [1.807, 2.05) is 13.8 Å². The number of amides is 1. The highest BCUT2D eigenvalue weighted by Gasteiger charge is 2.72. The summed E-state index contributed by atoms with van der Waals surface area (Å²) in [7, 11) is 0. The molecule has 3 unspecified atom stereocenters. The molecular weight excluding hydrogens is 661 g/mol. The van der Waals surface area contributed by atoms with E-state index in [-0.39, 0.29) is 47.4 Å². The van der Waals surface area contributed by atoms with Crippen LogP contribution in [0.5, 0.6) is 0 Å². The molecule has 2 saturated carbocycles. The molecule has 51 heavy (non-hydrogen) atoms. The van der Waals surface area contributed by atoms with Crippen molar-refractivity contribution >= 4 is 11.8 Å². The predicted octanol–water partition coefficient (Wildman–Crippen LogP) is 7.63. The second-order valence-electron chi connectivity index (χ2n) is 17.6. The van der Waals surface area contributed by atoms with Crippen LogP contribution in [-0.2, 0) is 43.2 Å². The molecule has 8 heterocycles. The third-order valence-corrected chi connectivity index (χ3v) is 14.7. The fourth-order valence-electron chi connectivity index (χ4n) is 11.9. The molecule has 11 nitrogen and oxygen atoms in total.